The van der Waals surface area contributed by atoms with E-state index in [1.807, 2.05) is 36.6 Å². The van der Waals surface area contributed by atoms with Crippen LogP contribution in [0.2, 0.25) is 0 Å². The lowest BCUT2D eigenvalue weighted by molar-refractivity contribution is -0.122. The zero-order chi connectivity index (χ0) is 14.8. The number of nitrogens with one attached hydrogen (secondary N) is 2. The van der Waals surface area contributed by atoms with Crippen LogP contribution >= 0.6 is 11.8 Å². The quantitative estimate of drug-likeness (QED) is 0.672. The lowest BCUT2D eigenvalue weighted by Gasteiger charge is -2.16. The molecule has 20 heavy (non-hydrogen) atoms. The highest BCUT2D eigenvalue weighted by Crippen LogP contribution is 2.02. The molecular formula is C14H21N3O2S. The second kappa shape index (κ2) is 9.25. The highest BCUT2D eigenvalue weighted by atomic mass is 32.2. The number of benzene rings is 1. The van der Waals surface area contributed by atoms with E-state index in [2.05, 4.69) is 10.6 Å². The van der Waals surface area contributed by atoms with Gasteiger partial charge in [0, 0.05) is 6.54 Å². The van der Waals surface area contributed by atoms with Gasteiger partial charge in [-0.1, -0.05) is 30.3 Å². The van der Waals surface area contributed by atoms with Crippen LogP contribution < -0.4 is 16.4 Å². The Hall–Kier alpha value is -1.69. The van der Waals surface area contributed by atoms with Crippen molar-refractivity contribution < 1.29 is 9.59 Å². The van der Waals surface area contributed by atoms with Gasteiger partial charge in [0.2, 0.25) is 5.91 Å². The molecule has 0 heterocycles. The summed E-state index contributed by atoms with van der Waals surface area (Å²) in [4.78, 5) is 22.9. The number of rotatable bonds is 8. The third kappa shape index (κ3) is 6.47. The van der Waals surface area contributed by atoms with Crippen molar-refractivity contribution in [1.82, 2.24) is 10.6 Å². The SMILES string of the molecule is CSCC[C@@H](NC(N)=O)C(=O)NCCc1ccccc1. The van der Waals surface area contributed by atoms with Crippen molar-refractivity contribution in [2.75, 3.05) is 18.6 Å². The number of amides is 3. The number of hydrogen-bond donors (Lipinski definition) is 3. The zero-order valence-corrected chi connectivity index (χ0v) is 12.4. The van der Waals surface area contributed by atoms with Gasteiger partial charge in [0.1, 0.15) is 6.04 Å². The first-order valence-electron chi connectivity index (χ1n) is 6.50. The van der Waals surface area contributed by atoms with E-state index in [9.17, 15) is 9.59 Å². The fourth-order valence-electron chi connectivity index (χ4n) is 1.77. The highest BCUT2D eigenvalue weighted by Gasteiger charge is 2.18. The largest absolute Gasteiger partial charge is 0.354 e. The Morgan fingerprint density at radius 1 is 1.30 bits per heavy atom. The Labute approximate surface area is 123 Å². The number of thioether (sulfide) groups is 1. The van der Waals surface area contributed by atoms with Crippen molar-refractivity contribution in [3.63, 3.8) is 0 Å². The summed E-state index contributed by atoms with van der Waals surface area (Å²) in [6.45, 7) is 0.541. The number of urea groups is 1. The summed E-state index contributed by atoms with van der Waals surface area (Å²) in [5, 5.41) is 5.30. The van der Waals surface area contributed by atoms with Crippen LogP contribution in [0.1, 0.15) is 12.0 Å². The van der Waals surface area contributed by atoms with Crippen LogP contribution in [0.25, 0.3) is 0 Å². The third-order valence-electron chi connectivity index (χ3n) is 2.80. The molecule has 0 aliphatic rings. The maximum atomic E-state index is 12.0. The second-order valence-corrected chi connectivity index (χ2v) is 5.35. The number of carbonyl (C=O) groups excluding carboxylic acids is 2. The van der Waals surface area contributed by atoms with Gasteiger partial charge in [0.05, 0.1) is 0 Å². The molecule has 4 N–H and O–H groups in total. The maximum absolute atomic E-state index is 12.0. The summed E-state index contributed by atoms with van der Waals surface area (Å²) >= 11 is 1.62. The van der Waals surface area contributed by atoms with E-state index < -0.39 is 12.1 Å². The molecule has 0 spiro atoms. The van der Waals surface area contributed by atoms with Gasteiger partial charge >= 0.3 is 6.03 Å². The molecule has 110 valence electrons. The minimum absolute atomic E-state index is 0.186. The van der Waals surface area contributed by atoms with Gasteiger partial charge in [-0.15, -0.1) is 0 Å². The Morgan fingerprint density at radius 2 is 2.00 bits per heavy atom. The molecule has 0 aliphatic carbocycles. The van der Waals surface area contributed by atoms with E-state index in [1.54, 1.807) is 11.8 Å². The smallest absolute Gasteiger partial charge is 0.312 e. The zero-order valence-electron chi connectivity index (χ0n) is 11.6. The number of hydrogen-bond acceptors (Lipinski definition) is 3. The maximum Gasteiger partial charge on any atom is 0.312 e. The molecule has 0 saturated carbocycles. The van der Waals surface area contributed by atoms with Gasteiger partial charge < -0.3 is 16.4 Å². The van der Waals surface area contributed by atoms with Crippen molar-refractivity contribution in [3.05, 3.63) is 35.9 Å². The molecule has 6 heteroatoms. The van der Waals surface area contributed by atoms with E-state index in [4.69, 9.17) is 5.73 Å². The van der Waals surface area contributed by atoms with Crippen LogP contribution in [0.5, 0.6) is 0 Å². The average Bonchev–Trinajstić information content (AvgIpc) is 2.44. The fraction of sp³-hybridized carbons (Fsp3) is 0.429. The normalized spacial score (nSPS) is 11.7. The third-order valence-corrected chi connectivity index (χ3v) is 3.44. The summed E-state index contributed by atoms with van der Waals surface area (Å²) < 4.78 is 0. The molecule has 0 saturated heterocycles. The molecule has 0 unspecified atom stereocenters. The summed E-state index contributed by atoms with van der Waals surface area (Å²) in [7, 11) is 0. The molecule has 0 aliphatic heterocycles. The van der Waals surface area contributed by atoms with Gasteiger partial charge in [-0.05, 0) is 30.4 Å². The van der Waals surface area contributed by atoms with Gasteiger partial charge in [0.15, 0.2) is 0 Å². The van der Waals surface area contributed by atoms with Gasteiger partial charge in [-0.25, -0.2) is 4.79 Å². The Morgan fingerprint density at radius 3 is 2.60 bits per heavy atom. The molecule has 0 radical (unpaired) electrons. The molecule has 1 rings (SSSR count). The minimum atomic E-state index is -0.672. The predicted molar refractivity (Wildman–Crippen MR) is 82.7 cm³/mol. The van der Waals surface area contributed by atoms with Crippen LogP contribution in [0.15, 0.2) is 30.3 Å². The molecule has 1 atom stereocenters. The molecule has 1 aromatic rings. The Kier molecular flexibility index (Phi) is 7.57. The van der Waals surface area contributed by atoms with Crippen molar-refractivity contribution in [3.8, 4) is 0 Å². The van der Waals surface area contributed by atoms with Gasteiger partial charge in [0.25, 0.3) is 0 Å². The van der Waals surface area contributed by atoms with Crippen LogP contribution in [-0.2, 0) is 11.2 Å². The predicted octanol–water partition coefficient (Wildman–Crippen LogP) is 1.14. The summed E-state index contributed by atoms with van der Waals surface area (Å²) in [6.07, 6.45) is 3.29. The molecule has 1 aromatic carbocycles. The molecule has 0 bridgehead atoms. The lowest BCUT2D eigenvalue weighted by atomic mass is 10.1. The molecule has 3 amide bonds. The summed E-state index contributed by atoms with van der Waals surface area (Å²) in [5.41, 5.74) is 6.25. The van der Waals surface area contributed by atoms with E-state index in [0.29, 0.717) is 13.0 Å². The highest BCUT2D eigenvalue weighted by molar-refractivity contribution is 7.98. The number of primary amides is 1. The fourth-order valence-corrected chi connectivity index (χ4v) is 2.25. The Bertz CT molecular complexity index is 426. The summed E-state index contributed by atoms with van der Waals surface area (Å²) in [5.74, 6) is 0.602. The van der Waals surface area contributed by atoms with Crippen molar-refractivity contribution in [1.29, 1.82) is 0 Å². The molecular weight excluding hydrogens is 274 g/mol. The van der Waals surface area contributed by atoms with Crippen LogP contribution in [0.3, 0.4) is 0 Å². The van der Waals surface area contributed by atoms with Crippen LogP contribution in [-0.4, -0.2) is 36.5 Å². The molecule has 0 aromatic heterocycles. The first-order valence-corrected chi connectivity index (χ1v) is 7.89. The van der Waals surface area contributed by atoms with E-state index in [1.165, 1.54) is 0 Å². The van der Waals surface area contributed by atoms with Crippen LogP contribution in [0.4, 0.5) is 4.79 Å². The molecule has 5 nitrogen and oxygen atoms in total. The van der Waals surface area contributed by atoms with Gasteiger partial charge in [-0.3, -0.25) is 4.79 Å². The van der Waals surface area contributed by atoms with Crippen molar-refractivity contribution in [2.24, 2.45) is 5.73 Å². The average molecular weight is 295 g/mol. The first kappa shape index (κ1) is 16.4. The minimum Gasteiger partial charge on any atom is -0.354 e. The number of nitrogens with two attached hydrogens (primary N) is 1. The Balaban J connectivity index is 2.38. The topological polar surface area (TPSA) is 84.2 Å². The second-order valence-electron chi connectivity index (χ2n) is 4.37. The monoisotopic (exact) mass is 295 g/mol. The standard InChI is InChI=1S/C14H21N3O2S/c1-20-10-8-12(17-14(15)19)13(18)16-9-7-11-5-3-2-4-6-11/h2-6,12H,7-10H2,1H3,(H,16,18)(H3,15,17,19)/t12-/m1/s1. The van der Waals surface area contributed by atoms with Crippen molar-refractivity contribution >= 4 is 23.7 Å². The van der Waals surface area contributed by atoms with E-state index in [0.717, 1.165) is 17.7 Å². The van der Waals surface area contributed by atoms with E-state index in [-0.39, 0.29) is 5.91 Å². The van der Waals surface area contributed by atoms with Gasteiger partial charge in [-0.2, -0.15) is 11.8 Å². The molecule has 0 fully saturated rings. The first-order chi connectivity index (χ1) is 9.63. The van der Waals surface area contributed by atoms with E-state index >= 15 is 0 Å². The summed E-state index contributed by atoms with van der Waals surface area (Å²) in [6, 6.07) is 8.68. The lowest BCUT2D eigenvalue weighted by Crippen LogP contribution is -2.49. The number of carbonyl (C=O) groups is 2. The van der Waals surface area contributed by atoms with Crippen molar-refractivity contribution in [2.45, 2.75) is 18.9 Å². The van der Waals surface area contributed by atoms with Crippen LogP contribution in [0, 0.1) is 0 Å².